The summed E-state index contributed by atoms with van der Waals surface area (Å²) in [5.74, 6) is 1.44. The number of rotatable bonds is 4. The molecule has 21 heavy (non-hydrogen) atoms. The molecule has 0 atom stereocenters. The number of amides is 2. The lowest BCUT2D eigenvalue weighted by Gasteiger charge is -2.18. The Morgan fingerprint density at radius 3 is 2.33 bits per heavy atom. The minimum absolute atomic E-state index is 0.0600. The van der Waals surface area contributed by atoms with Crippen molar-refractivity contribution in [1.82, 2.24) is 5.32 Å². The second-order valence-electron chi connectivity index (χ2n) is 6.33. The third-order valence-electron chi connectivity index (χ3n) is 4.60. The lowest BCUT2D eigenvalue weighted by Crippen LogP contribution is -2.40. The summed E-state index contributed by atoms with van der Waals surface area (Å²) >= 11 is 0. The van der Waals surface area contributed by atoms with Crippen LogP contribution in [-0.4, -0.2) is 12.1 Å². The van der Waals surface area contributed by atoms with Crippen LogP contribution in [-0.2, 0) is 0 Å². The molecule has 0 unspecified atom stereocenters. The molecule has 2 saturated carbocycles. The van der Waals surface area contributed by atoms with Crippen LogP contribution in [0.3, 0.4) is 0 Å². The molecule has 3 nitrogen and oxygen atoms in total. The number of fused-ring (bicyclic) bond motifs is 1. The number of urea groups is 1. The van der Waals surface area contributed by atoms with Gasteiger partial charge in [-0.25, -0.2) is 4.79 Å². The van der Waals surface area contributed by atoms with E-state index in [1.54, 1.807) is 0 Å². The van der Waals surface area contributed by atoms with E-state index in [2.05, 4.69) is 22.8 Å². The minimum atomic E-state index is -0.0600. The summed E-state index contributed by atoms with van der Waals surface area (Å²) in [6, 6.07) is 14.5. The first-order chi connectivity index (χ1) is 10.3. The predicted molar refractivity (Wildman–Crippen MR) is 85.3 cm³/mol. The number of hydrogen-bond acceptors (Lipinski definition) is 1. The standard InChI is InChI=1S/C18H20N2O/c21-18(20-17(13-8-9-13)14-10-11-14)19-16-7-3-5-12-4-1-2-6-15(12)16/h1-7,13-14,17H,8-11H2,(H2,19,20,21). The third-order valence-corrected chi connectivity index (χ3v) is 4.60. The molecule has 2 aromatic carbocycles. The smallest absolute Gasteiger partial charge is 0.319 e. The fraction of sp³-hybridized carbons (Fsp3) is 0.389. The Labute approximate surface area is 124 Å². The molecule has 0 heterocycles. The van der Waals surface area contributed by atoms with E-state index < -0.39 is 0 Å². The molecule has 2 aliphatic rings. The molecule has 2 aromatic rings. The van der Waals surface area contributed by atoms with Gasteiger partial charge in [0, 0.05) is 11.4 Å². The van der Waals surface area contributed by atoms with Gasteiger partial charge in [0.15, 0.2) is 0 Å². The van der Waals surface area contributed by atoms with Crippen LogP contribution in [0.2, 0.25) is 0 Å². The van der Waals surface area contributed by atoms with Crippen molar-refractivity contribution in [1.29, 1.82) is 0 Å². The molecule has 4 rings (SSSR count). The van der Waals surface area contributed by atoms with Crippen molar-refractivity contribution in [2.75, 3.05) is 5.32 Å². The fourth-order valence-corrected chi connectivity index (χ4v) is 3.18. The SMILES string of the molecule is O=C(Nc1cccc2ccccc12)NC(C1CC1)C1CC1. The molecule has 2 aliphatic carbocycles. The Morgan fingerprint density at radius 1 is 0.952 bits per heavy atom. The average Bonchev–Trinajstić information content (AvgIpc) is 3.39. The van der Waals surface area contributed by atoms with Crippen molar-refractivity contribution < 1.29 is 4.79 Å². The zero-order chi connectivity index (χ0) is 14.2. The van der Waals surface area contributed by atoms with Crippen LogP contribution in [0.4, 0.5) is 10.5 Å². The number of nitrogens with one attached hydrogen (secondary N) is 2. The lowest BCUT2D eigenvalue weighted by molar-refractivity contribution is 0.245. The van der Waals surface area contributed by atoms with E-state index in [0.717, 1.165) is 28.3 Å². The van der Waals surface area contributed by atoms with Crippen LogP contribution >= 0.6 is 0 Å². The third kappa shape index (κ3) is 2.73. The topological polar surface area (TPSA) is 41.1 Å². The maximum Gasteiger partial charge on any atom is 0.319 e. The zero-order valence-electron chi connectivity index (χ0n) is 12.0. The number of carbonyl (C=O) groups is 1. The predicted octanol–water partition coefficient (Wildman–Crippen LogP) is 4.15. The van der Waals surface area contributed by atoms with E-state index >= 15 is 0 Å². The van der Waals surface area contributed by atoms with Gasteiger partial charge in [0.1, 0.15) is 0 Å². The van der Waals surface area contributed by atoms with Crippen LogP contribution in [0.1, 0.15) is 25.7 Å². The highest BCUT2D eigenvalue weighted by molar-refractivity contribution is 6.01. The number of hydrogen-bond donors (Lipinski definition) is 2. The first kappa shape index (κ1) is 12.7. The molecule has 0 aromatic heterocycles. The van der Waals surface area contributed by atoms with Gasteiger partial charge >= 0.3 is 6.03 Å². The van der Waals surface area contributed by atoms with E-state index in [-0.39, 0.29) is 6.03 Å². The van der Waals surface area contributed by atoms with Crippen molar-refractivity contribution in [3.05, 3.63) is 42.5 Å². The Kier molecular flexibility index (Phi) is 3.06. The van der Waals surface area contributed by atoms with Gasteiger partial charge in [0.05, 0.1) is 5.69 Å². The van der Waals surface area contributed by atoms with E-state index in [0.29, 0.717) is 6.04 Å². The molecule has 2 fully saturated rings. The van der Waals surface area contributed by atoms with Gasteiger partial charge in [-0.2, -0.15) is 0 Å². The molecular formula is C18H20N2O. The second-order valence-corrected chi connectivity index (χ2v) is 6.33. The van der Waals surface area contributed by atoms with Crippen molar-refractivity contribution in [2.45, 2.75) is 31.7 Å². The van der Waals surface area contributed by atoms with Crippen molar-refractivity contribution in [3.8, 4) is 0 Å². The van der Waals surface area contributed by atoms with Gasteiger partial charge in [0.25, 0.3) is 0 Å². The van der Waals surface area contributed by atoms with E-state index in [1.165, 1.54) is 25.7 Å². The molecule has 0 radical (unpaired) electrons. The fourth-order valence-electron chi connectivity index (χ4n) is 3.18. The molecule has 2 N–H and O–H groups in total. The minimum Gasteiger partial charge on any atom is -0.335 e. The first-order valence-electron chi connectivity index (χ1n) is 7.86. The maximum atomic E-state index is 12.3. The van der Waals surface area contributed by atoms with Gasteiger partial charge < -0.3 is 10.6 Å². The molecule has 0 aliphatic heterocycles. The van der Waals surface area contributed by atoms with Crippen molar-refractivity contribution in [2.24, 2.45) is 11.8 Å². The zero-order valence-corrected chi connectivity index (χ0v) is 12.0. The molecule has 108 valence electrons. The monoisotopic (exact) mass is 280 g/mol. The van der Waals surface area contributed by atoms with Crippen molar-refractivity contribution >= 4 is 22.5 Å². The molecular weight excluding hydrogens is 260 g/mol. The largest absolute Gasteiger partial charge is 0.335 e. The highest BCUT2D eigenvalue weighted by atomic mass is 16.2. The summed E-state index contributed by atoms with van der Waals surface area (Å²) in [5, 5.41) is 8.47. The van der Waals surface area contributed by atoms with Crippen LogP contribution in [0.5, 0.6) is 0 Å². The molecule has 0 spiro atoms. The van der Waals surface area contributed by atoms with Gasteiger partial charge in [-0.3, -0.25) is 0 Å². The molecule has 2 amide bonds. The van der Waals surface area contributed by atoms with Crippen molar-refractivity contribution in [3.63, 3.8) is 0 Å². The van der Waals surface area contributed by atoms with Gasteiger partial charge in [-0.15, -0.1) is 0 Å². The van der Waals surface area contributed by atoms with Crippen LogP contribution in [0, 0.1) is 11.8 Å². The summed E-state index contributed by atoms with van der Waals surface area (Å²) in [6.07, 6.45) is 5.09. The summed E-state index contributed by atoms with van der Waals surface area (Å²) in [6.45, 7) is 0. The highest BCUT2D eigenvalue weighted by Crippen LogP contribution is 2.44. The Morgan fingerprint density at radius 2 is 1.62 bits per heavy atom. The quantitative estimate of drug-likeness (QED) is 0.868. The average molecular weight is 280 g/mol. The molecule has 0 saturated heterocycles. The summed E-state index contributed by atoms with van der Waals surface area (Å²) in [5.41, 5.74) is 0.885. The van der Waals surface area contributed by atoms with Crippen LogP contribution in [0.25, 0.3) is 10.8 Å². The number of carbonyl (C=O) groups excluding carboxylic acids is 1. The maximum absolute atomic E-state index is 12.3. The molecule has 0 bridgehead atoms. The summed E-state index contributed by atoms with van der Waals surface area (Å²) in [4.78, 5) is 12.3. The second kappa shape index (κ2) is 5.06. The lowest BCUT2D eigenvalue weighted by atomic mass is 10.1. The van der Waals surface area contributed by atoms with Crippen LogP contribution in [0.15, 0.2) is 42.5 Å². The Balaban J connectivity index is 1.50. The first-order valence-corrected chi connectivity index (χ1v) is 7.86. The van der Waals surface area contributed by atoms with Gasteiger partial charge in [-0.05, 0) is 49.0 Å². The van der Waals surface area contributed by atoms with E-state index in [1.807, 2.05) is 30.3 Å². The normalized spacial score (nSPS) is 18.0. The number of benzene rings is 2. The molecule has 3 heteroatoms. The van der Waals surface area contributed by atoms with E-state index in [9.17, 15) is 4.79 Å². The Bertz CT molecular complexity index is 656. The summed E-state index contributed by atoms with van der Waals surface area (Å²) < 4.78 is 0. The highest BCUT2D eigenvalue weighted by Gasteiger charge is 2.42. The van der Waals surface area contributed by atoms with E-state index in [4.69, 9.17) is 0 Å². The van der Waals surface area contributed by atoms with Gasteiger partial charge in [-0.1, -0.05) is 36.4 Å². The Hall–Kier alpha value is -2.03. The number of anilines is 1. The van der Waals surface area contributed by atoms with Gasteiger partial charge in [0.2, 0.25) is 0 Å². The summed E-state index contributed by atoms with van der Waals surface area (Å²) in [7, 11) is 0. The van der Waals surface area contributed by atoms with Crippen LogP contribution < -0.4 is 10.6 Å².